The van der Waals surface area contributed by atoms with Crippen molar-refractivity contribution in [3.05, 3.63) is 0 Å². The highest BCUT2D eigenvalue weighted by atomic mass is 31.2. The average Bonchev–Trinajstić information content (AvgIpc) is 1.99. The van der Waals surface area contributed by atoms with Crippen molar-refractivity contribution in [1.29, 1.82) is 0 Å². The van der Waals surface area contributed by atoms with Gasteiger partial charge in [0.1, 0.15) is 0 Å². The molecule has 1 aliphatic rings. The van der Waals surface area contributed by atoms with E-state index in [9.17, 15) is 9.79 Å². The number of hydrogen-bond acceptors (Lipinski definition) is 4. The van der Waals surface area contributed by atoms with Crippen molar-refractivity contribution in [2.45, 2.75) is 58.0 Å². The summed E-state index contributed by atoms with van der Waals surface area (Å²) in [4.78, 5) is 18.7. The summed E-state index contributed by atoms with van der Waals surface area (Å²) in [5.74, 6) is 0. The van der Waals surface area contributed by atoms with E-state index in [-0.39, 0.29) is 11.1 Å². The first-order valence-corrected chi connectivity index (χ1v) is 6.60. The molecule has 0 saturated carbocycles. The van der Waals surface area contributed by atoms with Crippen LogP contribution in [-0.2, 0) is 0 Å². The fourth-order valence-corrected chi connectivity index (χ4v) is 3.49. The topological polar surface area (TPSA) is 46.9 Å². The standard InChI is InChI=1S/C10H23N2O2P/c1-9(2)7-6-8-10(3,4)12(9)11(5)15(13)14/h13-14H,6-8H2,1-5H3. The van der Waals surface area contributed by atoms with Crippen molar-refractivity contribution in [3.63, 3.8) is 0 Å². The van der Waals surface area contributed by atoms with Gasteiger partial charge in [-0.05, 0) is 47.0 Å². The van der Waals surface area contributed by atoms with Crippen molar-refractivity contribution in [3.8, 4) is 0 Å². The Morgan fingerprint density at radius 3 is 1.80 bits per heavy atom. The highest BCUT2D eigenvalue weighted by Crippen LogP contribution is 2.44. The van der Waals surface area contributed by atoms with Crippen LogP contribution in [0.25, 0.3) is 0 Å². The van der Waals surface area contributed by atoms with Gasteiger partial charge in [0.05, 0.1) is 0 Å². The van der Waals surface area contributed by atoms with Crippen LogP contribution >= 0.6 is 8.53 Å². The van der Waals surface area contributed by atoms with E-state index >= 15 is 0 Å². The second-order valence-corrected chi connectivity index (χ2v) is 6.66. The van der Waals surface area contributed by atoms with Gasteiger partial charge in [0.2, 0.25) is 0 Å². The second-order valence-electron chi connectivity index (χ2n) is 5.55. The third-order valence-electron chi connectivity index (χ3n) is 3.27. The van der Waals surface area contributed by atoms with Crippen LogP contribution < -0.4 is 0 Å². The van der Waals surface area contributed by atoms with Gasteiger partial charge in [-0.1, -0.05) is 0 Å². The zero-order chi connectivity index (χ0) is 11.9. The Hall–Kier alpha value is 0.270. The lowest BCUT2D eigenvalue weighted by Gasteiger charge is -2.55. The summed E-state index contributed by atoms with van der Waals surface area (Å²) in [6.07, 6.45) is 3.37. The maximum atomic E-state index is 9.34. The SMILES string of the molecule is CN(N1C(C)(C)CCCC1(C)C)P(O)O. The van der Waals surface area contributed by atoms with Crippen LogP contribution in [0.3, 0.4) is 0 Å². The Balaban J connectivity index is 2.96. The third-order valence-corrected chi connectivity index (χ3v) is 3.97. The van der Waals surface area contributed by atoms with Crippen LogP contribution in [0.2, 0.25) is 0 Å². The molecule has 0 radical (unpaired) electrons. The summed E-state index contributed by atoms with van der Waals surface area (Å²) in [5, 5.41) is 2.12. The zero-order valence-corrected chi connectivity index (χ0v) is 11.3. The Kier molecular flexibility index (Phi) is 3.79. The van der Waals surface area contributed by atoms with Gasteiger partial charge in [0.25, 0.3) is 8.53 Å². The Morgan fingerprint density at radius 1 is 1.07 bits per heavy atom. The fourth-order valence-electron chi connectivity index (χ4n) is 2.85. The van der Waals surface area contributed by atoms with Gasteiger partial charge in [0.15, 0.2) is 0 Å². The molecule has 0 bridgehead atoms. The van der Waals surface area contributed by atoms with Crippen molar-refractivity contribution in [2.24, 2.45) is 0 Å². The van der Waals surface area contributed by atoms with E-state index in [0.29, 0.717) is 0 Å². The number of piperidine rings is 1. The predicted octanol–water partition coefficient (Wildman–Crippen LogP) is 2.09. The second kappa shape index (κ2) is 4.27. The van der Waals surface area contributed by atoms with Gasteiger partial charge in [0, 0.05) is 18.1 Å². The molecule has 0 unspecified atom stereocenters. The molecule has 0 aromatic heterocycles. The molecule has 90 valence electrons. The van der Waals surface area contributed by atoms with Crippen molar-refractivity contribution in [1.82, 2.24) is 9.79 Å². The van der Waals surface area contributed by atoms with E-state index in [1.165, 1.54) is 6.42 Å². The summed E-state index contributed by atoms with van der Waals surface area (Å²) in [6, 6.07) is 0. The van der Waals surface area contributed by atoms with E-state index in [1.54, 1.807) is 11.8 Å². The molecule has 1 saturated heterocycles. The lowest BCUT2D eigenvalue weighted by atomic mass is 9.82. The predicted molar refractivity (Wildman–Crippen MR) is 63.0 cm³/mol. The summed E-state index contributed by atoms with van der Waals surface area (Å²) in [5.41, 5.74) is -0.0227. The normalized spacial score (nSPS) is 26.2. The quantitative estimate of drug-likeness (QED) is 0.718. The molecule has 0 aromatic rings. The summed E-state index contributed by atoms with van der Waals surface area (Å²) in [7, 11) is -0.292. The van der Waals surface area contributed by atoms with E-state index in [0.717, 1.165) is 12.8 Å². The minimum atomic E-state index is -2.04. The molecule has 0 spiro atoms. The lowest BCUT2D eigenvalue weighted by molar-refractivity contribution is -0.132. The van der Waals surface area contributed by atoms with Crippen LogP contribution in [-0.4, -0.2) is 37.7 Å². The summed E-state index contributed by atoms with van der Waals surface area (Å²) < 4.78 is 1.59. The molecule has 0 aromatic carbocycles. The van der Waals surface area contributed by atoms with E-state index < -0.39 is 8.53 Å². The van der Waals surface area contributed by atoms with Crippen LogP contribution in [0.15, 0.2) is 0 Å². The molecule has 5 heteroatoms. The van der Waals surface area contributed by atoms with Crippen LogP contribution in [0.5, 0.6) is 0 Å². The molecule has 1 rings (SSSR count). The molecule has 0 atom stereocenters. The van der Waals surface area contributed by atoms with Crippen LogP contribution in [0.4, 0.5) is 0 Å². The molecule has 4 nitrogen and oxygen atoms in total. The van der Waals surface area contributed by atoms with Gasteiger partial charge >= 0.3 is 0 Å². The molecule has 1 aliphatic heterocycles. The van der Waals surface area contributed by atoms with Crippen molar-refractivity contribution < 1.29 is 9.79 Å². The Bertz CT molecular complexity index is 215. The van der Waals surface area contributed by atoms with E-state index in [4.69, 9.17) is 0 Å². The minimum absolute atomic E-state index is 0.0114. The first kappa shape index (κ1) is 13.3. The van der Waals surface area contributed by atoms with Crippen molar-refractivity contribution >= 4 is 8.53 Å². The fraction of sp³-hybridized carbons (Fsp3) is 1.00. The number of nitrogens with zero attached hydrogens (tertiary/aromatic N) is 2. The number of hydrazine groups is 1. The van der Waals surface area contributed by atoms with E-state index in [1.807, 2.05) is 0 Å². The molecule has 0 aliphatic carbocycles. The van der Waals surface area contributed by atoms with Crippen LogP contribution in [0.1, 0.15) is 47.0 Å². The third kappa shape index (κ3) is 2.69. The summed E-state index contributed by atoms with van der Waals surface area (Å²) >= 11 is 0. The Labute approximate surface area is 93.8 Å². The molecule has 1 fully saturated rings. The molecule has 0 amide bonds. The lowest BCUT2D eigenvalue weighted by Crippen LogP contribution is -2.63. The number of rotatable bonds is 2. The van der Waals surface area contributed by atoms with Crippen molar-refractivity contribution in [2.75, 3.05) is 7.05 Å². The number of hydrogen-bond donors (Lipinski definition) is 2. The molecule has 2 N–H and O–H groups in total. The highest BCUT2D eigenvalue weighted by Gasteiger charge is 2.45. The van der Waals surface area contributed by atoms with E-state index in [2.05, 4.69) is 32.7 Å². The van der Waals surface area contributed by atoms with Gasteiger partial charge in [-0.25, -0.2) is 5.01 Å². The molecule has 15 heavy (non-hydrogen) atoms. The first-order chi connectivity index (χ1) is 6.68. The van der Waals surface area contributed by atoms with Gasteiger partial charge < -0.3 is 9.79 Å². The Morgan fingerprint density at radius 2 is 1.47 bits per heavy atom. The average molecular weight is 234 g/mol. The maximum absolute atomic E-state index is 9.34. The minimum Gasteiger partial charge on any atom is -0.337 e. The largest absolute Gasteiger partial charge is 0.337 e. The molecule has 1 heterocycles. The monoisotopic (exact) mass is 234 g/mol. The zero-order valence-electron chi connectivity index (χ0n) is 10.4. The highest BCUT2D eigenvalue weighted by molar-refractivity contribution is 7.42. The molecular weight excluding hydrogens is 211 g/mol. The smallest absolute Gasteiger partial charge is 0.267 e. The van der Waals surface area contributed by atoms with Gasteiger partial charge in [-0.3, -0.25) is 0 Å². The maximum Gasteiger partial charge on any atom is 0.267 e. The summed E-state index contributed by atoms with van der Waals surface area (Å²) in [6.45, 7) is 8.62. The van der Waals surface area contributed by atoms with Gasteiger partial charge in [-0.15, -0.1) is 0 Å². The van der Waals surface area contributed by atoms with Crippen LogP contribution in [0, 0.1) is 0 Å². The first-order valence-electron chi connectivity index (χ1n) is 5.40. The molecular formula is C10H23N2O2P. The van der Waals surface area contributed by atoms with Gasteiger partial charge in [-0.2, -0.15) is 4.78 Å².